The van der Waals surface area contributed by atoms with E-state index in [1.165, 1.54) is 22.5 Å². The van der Waals surface area contributed by atoms with Gasteiger partial charge in [0.15, 0.2) is 9.84 Å². The Morgan fingerprint density at radius 3 is 2.40 bits per heavy atom. The third-order valence-electron chi connectivity index (χ3n) is 3.18. The summed E-state index contributed by atoms with van der Waals surface area (Å²) in [5.74, 6) is -0.298. The molecule has 0 aliphatic carbocycles. The molecule has 2 N–H and O–H groups in total. The molecule has 1 heterocycles. The van der Waals surface area contributed by atoms with Gasteiger partial charge in [0.2, 0.25) is 10.0 Å². The fourth-order valence-corrected chi connectivity index (χ4v) is 5.07. The van der Waals surface area contributed by atoms with Gasteiger partial charge in [-0.05, 0) is 23.8 Å². The minimum atomic E-state index is -3.71. The van der Waals surface area contributed by atoms with Gasteiger partial charge in [0.05, 0.1) is 16.4 Å². The van der Waals surface area contributed by atoms with Gasteiger partial charge in [-0.2, -0.15) is 4.31 Å². The number of hydrogen-bond donors (Lipinski definition) is 1. The van der Waals surface area contributed by atoms with Crippen molar-refractivity contribution in [2.75, 3.05) is 24.6 Å². The summed E-state index contributed by atoms with van der Waals surface area (Å²) in [6.45, 7) is 0.0904. The van der Waals surface area contributed by atoms with E-state index in [-0.39, 0.29) is 36.0 Å². The molecule has 0 spiro atoms. The van der Waals surface area contributed by atoms with Gasteiger partial charge >= 0.3 is 0 Å². The Labute approximate surface area is 123 Å². The first-order valence-electron chi connectivity index (χ1n) is 5.95. The number of nitrogens with zero attached hydrogens (tertiary/aromatic N) is 1. The number of halogens is 1. The van der Waals surface area contributed by atoms with E-state index in [2.05, 4.69) is 0 Å². The van der Waals surface area contributed by atoms with Gasteiger partial charge in [-0.1, -0.05) is 11.6 Å². The molecule has 20 heavy (non-hydrogen) atoms. The molecule has 0 radical (unpaired) electrons. The SMILES string of the molecule is NCc1cc(S(=O)(=O)N2CCS(=O)(=O)CC2)ccc1Cl. The molecule has 1 aliphatic heterocycles. The Bertz CT molecular complexity index is 702. The number of sulfonamides is 1. The zero-order chi connectivity index (χ0) is 15.0. The van der Waals surface area contributed by atoms with Crippen LogP contribution < -0.4 is 5.73 Å². The third kappa shape index (κ3) is 3.15. The first-order valence-corrected chi connectivity index (χ1v) is 9.59. The second-order valence-electron chi connectivity index (χ2n) is 4.51. The molecule has 1 aromatic rings. The van der Waals surface area contributed by atoms with Crippen LogP contribution in [0.2, 0.25) is 5.02 Å². The molecule has 1 aromatic carbocycles. The minimum Gasteiger partial charge on any atom is -0.326 e. The van der Waals surface area contributed by atoms with Crippen molar-refractivity contribution in [2.24, 2.45) is 5.73 Å². The van der Waals surface area contributed by atoms with Crippen LogP contribution in [0.25, 0.3) is 0 Å². The Morgan fingerprint density at radius 1 is 1.25 bits per heavy atom. The largest absolute Gasteiger partial charge is 0.326 e. The quantitative estimate of drug-likeness (QED) is 0.850. The lowest BCUT2D eigenvalue weighted by Gasteiger charge is -2.26. The fourth-order valence-electron chi connectivity index (χ4n) is 1.95. The molecule has 0 aromatic heterocycles. The van der Waals surface area contributed by atoms with Crippen molar-refractivity contribution >= 4 is 31.5 Å². The van der Waals surface area contributed by atoms with Gasteiger partial charge in [0.25, 0.3) is 0 Å². The van der Waals surface area contributed by atoms with Crippen LogP contribution in [0.4, 0.5) is 0 Å². The Morgan fingerprint density at radius 2 is 1.85 bits per heavy atom. The van der Waals surface area contributed by atoms with Crippen LogP contribution in [0.5, 0.6) is 0 Å². The summed E-state index contributed by atoms with van der Waals surface area (Å²) in [5, 5.41) is 0.410. The lowest BCUT2D eigenvalue weighted by atomic mass is 10.2. The Balaban J connectivity index is 2.32. The zero-order valence-electron chi connectivity index (χ0n) is 10.6. The lowest BCUT2D eigenvalue weighted by Crippen LogP contribution is -2.43. The van der Waals surface area contributed by atoms with Crippen molar-refractivity contribution in [3.8, 4) is 0 Å². The first kappa shape index (κ1) is 15.7. The average molecular weight is 339 g/mol. The van der Waals surface area contributed by atoms with Gasteiger partial charge in [-0.15, -0.1) is 0 Å². The summed E-state index contributed by atoms with van der Waals surface area (Å²) in [6.07, 6.45) is 0. The molecule has 6 nitrogen and oxygen atoms in total. The summed E-state index contributed by atoms with van der Waals surface area (Å²) in [6, 6.07) is 4.32. The molecule has 9 heteroatoms. The normalized spacial score (nSPS) is 19.9. The summed E-state index contributed by atoms with van der Waals surface area (Å²) in [4.78, 5) is 0.0849. The maximum absolute atomic E-state index is 12.4. The Hall–Kier alpha value is -0.670. The topological polar surface area (TPSA) is 97.5 Å². The molecule has 0 unspecified atom stereocenters. The van der Waals surface area contributed by atoms with Crippen LogP contribution in [0.3, 0.4) is 0 Å². The molecule has 0 atom stereocenters. The van der Waals surface area contributed by atoms with Crippen molar-refractivity contribution in [2.45, 2.75) is 11.4 Å². The summed E-state index contributed by atoms with van der Waals surface area (Å²) in [7, 11) is -6.83. The third-order valence-corrected chi connectivity index (χ3v) is 7.05. The molecular weight excluding hydrogens is 324 g/mol. The number of nitrogens with two attached hydrogens (primary N) is 1. The van der Waals surface area contributed by atoms with E-state index in [9.17, 15) is 16.8 Å². The highest BCUT2D eigenvalue weighted by Crippen LogP contribution is 2.23. The highest BCUT2D eigenvalue weighted by atomic mass is 35.5. The predicted molar refractivity (Wildman–Crippen MR) is 76.8 cm³/mol. The molecule has 1 aliphatic rings. The predicted octanol–water partition coefficient (Wildman–Crippen LogP) is 0.218. The van der Waals surface area contributed by atoms with Crippen LogP contribution in [-0.4, -0.2) is 45.7 Å². The van der Waals surface area contributed by atoms with Gasteiger partial charge in [0, 0.05) is 24.7 Å². The monoisotopic (exact) mass is 338 g/mol. The molecular formula is C11H15ClN2O4S2. The number of hydrogen-bond acceptors (Lipinski definition) is 5. The Kier molecular flexibility index (Phi) is 4.41. The maximum atomic E-state index is 12.4. The number of benzene rings is 1. The van der Waals surface area contributed by atoms with E-state index in [1.807, 2.05) is 0 Å². The van der Waals surface area contributed by atoms with E-state index < -0.39 is 19.9 Å². The van der Waals surface area contributed by atoms with Gasteiger partial charge in [0.1, 0.15) is 0 Å². The minimum absolute atomic E-state index is 0.0226. The number of rotatable bonds is 3. The van der Waals surface area contributed by atoms with E-state index in [0.29, 0.717) is 10.6 Å². The van der Waals surface area contributed by atoms with Crippen LogP contribution in [0.15, 0.2) is 23.1 Å². The zero-order valence-corrected chi connectivity index (χ0v) is 13.0. The van der Waals surface area contributed by atoms with Gasteiger partial charge < -0.3 is 5.73 Å². The van der Waals surface area contributed by atoms with E-state index >= 15 is 0 Å². The van der Waals surface area contributed by atoms with E-state index in [4.69, 9.17) is 17.3 Å². The highest BCUT2D eigenvalue weighted by Gasteiger charge is 2.31. The highest BCUT2D eigenvalue weighted by molar-refractivity contribution is 7.92. The van der Waals surface area contributed by atoms with Crippen LogP contribution >= 0.6 is 11.6 Å². The smallest absolute Gasteiger partial charge is 0.243 e. The maximum Gasteiger partial charge on any atom is 0.243 e. The molecule has 1 fully saturated rings. The van der Waals surface area contributed by atoms with E-state index in [1.54, 1.807) is 0 Å². The molecule has 112 valence electrons. The molecule has 0 saturated carbocycles. The standard InChI is InChI=1S/C11H15ClN2O4S2/c12-11-2-1-10(7-9(11)8-13)20(17,18)14-3-5-19(15,16)6-4-14/h1-2,7H,3-6,8,13H2. The summed E-state index contributed by atoms with van der Waals surface area (Å²) < 4.78 is 48.7. The van der Waals surface area contributed by atoms with Crippen LogP contribution in [-0.2, 0) is 26.4 Å². The van der Waals surface area contributed by atoms with Crippen molar-refractivity contribution in [1.29, 1.82) is 0 Å². The molecule has 0 amide bonds. The second kappa shape index (κ2) is 5.61. The summed E-state index contributed by atoms with van der Waals surface area (Å²) >= 11 is 5.90. The fraction of sp³-hybridized carbons (Fsp3) is 0.455. The van der Waals surface area contributed by atoms with Crippen molar-refractivity contribution in [1.82, 2.24) is 4.31 Å². The lowest BCUT2D eigenvalue weighted by molar-refractivity contribution is 0.430. The van der Waals surface area contributed by atoms with Crippen molar-refractivity contribution in [3.63, 3.8) is 0 Å². The van der Waals surface area contributed by atoms with Gasteiger partial charge in [-0.3, -0.25) is 0 Å². The first-order chi connectivity index (χ1) is 9.26. The molecule has 1 saturated heterocycles. The van der Waals surface area contributed by atoms with Crippen molar-refractivity contribution in [3.05, 3.63) is 28.8 Å². The number of sulfone groups is 1. The van der Waals surface area contributed by atoms with Crippen LogP contribution in [0.1, 0.15) is 5.56 Å². The second-order valence-corrected chi connectivity index (χ2v) is 9.16. The molecule has 2 rings (SSSR count). The molecule has 0 bridgehead atoms. The van der Waals surface area contributed by atoms with Gasteiger partial charge in [-0.25, -0.2) is 16.8 Å². The van der Waals surface area contributed by atoms with E-state index in [0.717, 1.165) is 0 Å². The van der Waals surface area contributed by atoms with Crippen LogP contribution in [0, 0.1) is 0 Å². The average Bonchev–Trinajstić information content (AvgIpc) is 2.38. The van der Waals surface area contributed by atoms with Crippen molar-refractivity contribution < 1.29 is 16.8 Å². The summed E-state index contributed by atoms with van der Waals surface area (Å²) in [5.41, 5.74) is 6.04.